The summed E-state index contributed by atoms with van der Waals surface area (Å²) in [5.74, 6) is 0. The van der Waals surface area contributed by atoms with Crippen LogP contribution in [0.25, 0.3) is 0 Å². The molecule has 4 nitrogen and oxygen atoms in total. The van der Waals surface area contributed by atoms with Crippen molar-refractivity contribution in [3.05, 3.63) is 48.8 Å². The first-order valence-corrected chi connectivity index (χ1v) is 9.67. The minimum Gasteiger partial charge on any atom is -0.398 e. The third kappa shape index (κ3) is 3.92. The number of benzene rings is 2. The van der Waals surface area contributed by atoms with Crippen LogP contribution in [-0.2, 0) is 10.0 Å². The second-order valence-electron chi connectivity index (χ2n) is 4.04. The Morgan fingerprint density at radius 3 is 2.38 bits per heavy atom. The average molecular weight is 519 g/mol. The van der Waals surface area contributed by atoms with Crippen molar-refractivity contribution in [3.63, 3.8) is 0 Å². The average Bonchev–Trinajstić information content (AvgIpc) is 2.37. The molecular formula is C12H8Br3ClN2O2S. The van der Waals surface area contributed by atoms with Crippen LogP contribution < -0.4 is 10.5 Å². The summed E-state index contributed by atoms with van der Waals surface area (Å²) in [4.78, 5) is -0.0256. The molecular weight excluding hydrogens is 511 g/mol. The first kappa shape index (κ1) is 17.1. The number of anilines is 2. The maximum Gasteiger partial charge on any atom is 0.263 e. The van der Waals surface area contributed by atoms with Crippen molar-refractivity contribution in [2.24, 2.45) is 0 Å². The summed E-state index contributed by atoms with van der Waals surface area (Å²) in [7, 11) is -3.83. The Bertz CT molecular complexity index is 812. The van der Waals surface area contributed by atoms with E-state index in [2.05, 4.69) is 52.5 Å². The second kappa shape index (κ2) is 6.45. The molecule has 0 aromatic heterocycles. The highest BCUT2D eigenvalue weighted by Gasteiger charge is 2.21. The third-order valence-electron chi connectivity index (χ3n) is 2.50. The monoisotopic (exact) mass is 516 g/mol. The van der Waals surface area contributed by atoms with Gasteiger partial charge in [-0.25, -0.2) is 8.42 Å². The van der Waals surface area contributed by atoms with Gasteiger partial charge in [-0.3, -0.25) is 4.72 Å². The van der Waals surface area contributed by atoms with E-state index < -0.39 is 10.0 Å². The van der Waals surface area contributed by atoms with Gasteiger partial charge in [-0.15, -0.1) is 0 Å². The number of nitrogen functional groups attached to an aromatic ring is 1. The zero-order chi connectivity index (χ0) is 15.8. The van der Waals surface area contributed by atoms with Gasteiger partial charge in [-0.1, -0.05) is 27.5 Å². The van der Waals surface area contributed by atoms with E-state index in [1.54, 1.807) is 18.2 Å². The molecule has 2 aromatic rings. The lowest BCUT2D eigenvalue weighted by atomic mass is 10.3. The molecule has 0 heterocycles. The molecule has 0 unspecified atom stereocenters. The Balaban J connectivity index is 2.48. The summed E-state index contributed by atoms with van der Waals surface area (Å²) < 4.78 is 29.1. The van der Waals surface area contributed by atoms with Gasteiger partial charge >= 0.3 is 0 Å². The van der Waals surface area contributed by atoms with E-state index in [0.717, 1.165) is 4.47 Å². The smallest absolute Gasteiger partial charge is 0.263 e. The summed E-state index contributed by atoms with van der Waals surface area (Å²) >= 11 is 15.6. The van der Waals surface area contributed by atoms with Crippen LogP contribution in [0.1, 0.15) is 0 Å². The molecule has 0 aliphatic rings. The van der Waals surface area contributed by atoms with Gasteiger partial charge in [0.05, 0.1) is 10.2 Å². The molecule has 0 saturated carbocycles. The Morgan fingerprint density at radius 1 is 1.10 bits per heavy atom. The lowest BCUT2D eigenvalue weighted by Gasteiger charge is -2.13. The maximum atomic E-state index is 12.5. The molecule has 3 N–H and O–H groups in total. The summed E-state index contributed by atoms with van der Waals surface area (Å²) in [6.07, 6.45) is 0. The quantitative estimate of drug-likeness (QED) is 0.561. The number of halogens is 4. The minimum absolute atomic E-state index is 0.0256. The normalized spacial score (nSPS) is 11.4. The predicted octanol–water partition coefficient (Wildman–Crippen LogP) is 5.01. The SMILES string of the molecule is Nc1cc(Cl)cc(S(=O)(=O)Nc2ccc(Br)cc2Br)c1Br. The molecule has 0 aliphatic heterocycles. The van der Waals surface area contributed by atoms with Crippen LogP contribution in [0.5, 0.6) is 0 Å². The summed E-state index contributed by atoms with van der Waals surface area (Å²) in [5, 5.41) is 0.242. The topological polar surface area (TPSA) is 72.2 Å². The Kier molecular flexibility index (Phi) is 5.25. The third-order valence-corrected chi connectivity index (χ3v) is 6.40. The molecule has 2 rings (SSSR count). The highest BCUT2D eigenvalue weighted by atomic mass is 79.9. The predicted molar refractivity (Wildman–Crippen MR) is 96.2 cm³/mol. The molecule has 0 bridgehead atoms. The van der Waals surface area contributed by atoms with E-state index in [1.165, 1.54) is 12.1 Å². The fraction of sp³-hybridized carbons (Fsp3) is 0. The fourth-order valence-electron chi connectivity index (χ4n) is 1.55. The Hall–Kier alpha value is -0.280. The van der Waals surface area contributed by atoms with Crippen LogP contribution in [0, 0.1) is 0 Å². The number of nitrogens with two attached hydrogens (primary N) is 1. The molecule has 2 aromatic carbocycles. The van der Waals surface area contributed by atoms with Crippen molar-refractivity contribution in [1.82, 2.24) is 0 Å². The van der Waals surface area contributed by atoms with Gasteiger partial charge in [0.15, 0.2) is 0 Å². The van der Waals surface area contributed by atoms with E-state index >= 15 is 0 Å². The largest absolute Gasteiger partial charge is 0.398 e. The van der Waals surface area contributed by atoms with E-state index in [0.29, 0.717) is 10.2 Å². The summed E-state index contributed by atoms with van der Waals surface area (Å²) in [6, 6.07) is 7.90. The minimum atomic E-state index is -3.83. The number of rotatable bonds is 3. The van der Waals surface area contributed by atoms with Crippen LogP contribution in [0.2, 0.25) is 5.02 Å². The van der Waals surface area contributed by atoms with Crippen LogP contribution in [0.15, 0.2) is 48.6 Å². The molecule has 9 heteroatoms. The molecule has 0 fully saturated rings. The van der Waals surface area contributed by atoms with Crippen LogP contribution >= 0.6 is 59.4 Å². The van der Waals surface area contributed by atoms with Crippen molar-refractivity contribution < 1.29 is 8.42 Å². The van der Waals surface area contributed by atoms with Crippen molar-refractivity contribution in [1.29, 1.82) is 0 Å². The van der Waals surface area contributed by atoms with E-state index in [4.69, 9.17) is 17.3 Å². The van der Waals surface area contributed by atoms with Gasteiger partial charge in [-0.05, 0) is 62.2 Å². The first-order valence-electron chi connectivity index (χ1n) is 5.43. The zero-order valence-corrected chi connectivity index (χ0v) is 16.5. The molecule has 21 heavy (non-hydrogen) atoms. The fourth-order valence-corrected chi connectivity index (χ4v) is 5.20. The maximum absolute atomic E-state index is 12.5. The van der Waals surface area contributed by atoms with Crippen LogP contribution in [-0.4, -0.2) is 8.42 Å². The van der Waals surface area contributed by atoms with Crippen molar-refractivity contribution in [2.75, 3.05) is 10.5 Å². The van der Waals surface area contributed by atoms with Gasteiger partial charge in [-0.2, -0.15) is 0 Å². The van der Waals surface area contributed by atoms with E-state index in [9.17, 15) is 8.42 Å². The Morgan fingerprint density at radius 2 is 1.76 bits per heavy atom. The molecule has 112 valence electrons. The lowest BCUT2D eigenvalue weighted by Crippen LogP contribution is -2.14. The number of hydrogen-bond donors (Lipinski definition) is 2. The molecule has 0 spiro atoms. The molecule has 0 saturated heterocycles. The molecule has 0 amide bonds. The van der Waals surface area contributed by atoms with Gasteiger partial charge in [0.1, 0.15) is 4.90 Å². The number of sulfonamides is 1. The molecule has 0 atom stereocenters. The highest BCUT2D eigenvalue weighted by molar-refractivity contribution is 9.11. The van der Waals surface area contributed by atoms with E-state index in [-0.39, 0.29) is 20.1 Å². The number of nitrogens with one attached hydrogen (secondary N) is 1. The van der Waals surface area contributed by atoms with Gasteiger partial charge in [0.2, 0.25) is 0 Å². The van der Waals surface area contributed by atoms with Crippen LogP contribution in [0.4, 0.5) is 11.4 Å². The van der Waals surface area contributed by atoms with Crippen molar-refractivity contribution in [3.8, 4) is 0 Å². The lowest BCUT2D eigenvalue weighted by molar-refractivity contribution is 0.601. The van der Waals surface area contributed by atoms with Gasteiger partial charge in [0.25, 0.3) is 10.0 Å². The van der Waals surface area contributed by atoms with Gasteiger partial charge in [0, 0.05) is 19.7 Å². The highest BCUT2D eigenvalue weighted by Crippen LogP contribution is 2.34. The molecule has 0 aliphatic carbocycles. The Labute approximate surface area is 152 Å². The molecule has 0 radical (unpaired) electrons. The standard InChI is InChI=1S/C12H8Br3ClN2O2S/c13-6-1-2-10(8(14)3-6)18-21(19,20)11-5-7(16)4-9(17)12(11)15/h1-5,18H,17H2. The van der Waals surface area contributed by atoms with Gasteiger partial charge < -0.3 is 5.73 Å². The van der Waals surface area contributed by atoms with Crippen LogP contribution in [0.3, 0.4) is 0 Å². The van der Waals surface area contributed by atoms with Crippen molar-refractivity contribution >= 4 is 80.8 Å². The zero-order valence-electron chi connectivity index (χ0n) is 10.2. The first-order chi connectivity index (χ1) is 9.70. The summed E-state index contributed by atoms with van der Waals surface area (Å²) in [6.45, 7) is 0. The summed E-state index contributed by atoms with van der Waals surface area (Å²) in [5.41, 5.74) is 6.38. The van der Waals surface area contributed by atoms with Crippen molar-refractivity contribution in [2.45, 2.75) is 4.90 Å². The van der Waals surface area contributed by atoms with E-state index in [1.807, 2.05) is 0 Å². The number of hydrogen-bond acceptors (Lipinski definition) is 3. The second-order valence-corrected chi connectivity index (χ2v) is 8.69.